The number of nitrogens with one attached hydrogen (secondary N) is 2. The van der Waals surface area contributed by atoms with Crippen molar-refractivity contribution in [2.75, 3.05) is 13.1 Å². The maximum Gasteiger partial charge on any atom is 0.416 e. The molecule has 1 unspecified atom stereocenters. The van der Waals surface area contributed by atoms with E-state index in [1.807, 2.05) is 27.7 Å². The normalized spacial score (nSPS) is 13.1. The van der Waals surface area contributed by atoms with E-state index in [1.54, 1.807) is 18.2 Å². The topological polar surface area (TPSA) is 61.0 Å². The molecule has 0 aliphatic carbocycles. The highest BCUT2D eigenvalue weighted by molar-refractivity contribution is 5.95. The molecule has 0 spiro atoms. The van der Waals surface area contributed by atoms with Gasteiger partial charge in [-0.3, -0.25) is 9.69 Å². The summed E-state index contributed by atoms with van der Waals surface area (Å²) in [7, 11) is 0. The summed E-state index contributed by atoms with van der Waals surface area (Å²) in [5.74, 6) is 0.286. The number of nitrogens with zero attached hydrogens (tertiary/aromatic N) is 2. The van der Waals surface area contributed by atoms with Crippen LogP contribution < -0.4 is 5.32 Å². The Morgan fingerprint density at radius 3 is 2.47 bits per heavy atom. The van der Waals surface area contributed by atoms with Gasteiger partial charge in [0.15, 0.2) is 0 Å². The van der Waals surface area contributed by atoms with Crippen molar-refractivity contribution in [3.63, 3.8) is 0 Å². The quantitative estimate of drug-likeness (QED) is 0.556. The van der Waals surface area contributed by atoms with Crippen molar-refractivity contribution in [1.82, 2.24) is 20.2 Å². The molecular formula is C22H25F3N4O. The van der Waals surface area contributed by atoms with Crippen LogP contribution in [0.15, 0.2) is 36.4 Å². The zero-order valence-corrected chi connectivity index (χ0v) is 17.4. The zero-order chi connectivity index (χ0) is 22.1. The number of halogens is 3. The molecule has 1 atom stereocenters. The molecule has 3 rings (SSSR count). The van der Waals surface area contributed by atoms with Gasteiger partial charge in [0, 0.05) is 11.1 Å². The highest BCUT2D eigenvalue weighted by atomic mass is 19.4. The lowest BCUT2D eigenvalue weighted by Gasteiger charge is -2.27. The molecule has 2 N–H and O–H groups in total. The minimum atomic E-state index is -4.41. The van der Waals surface area contributed by atoms with Crippen LogP contribution in [-0.2, 0) is 6.18 Å². The Balaban J connectivity index is 1.85. The number of carbonyl (C=O) groups excluding carboxylic acids is 1. The average molecular weight is 418 g/mol. The minimum absolute atomic E-state index is 0.0920. The van der Waals surface area contributed by atoms with Gasteiger partial charge in [-0.15, -0.1) is 0 Å². The van der Waals surface area contributed by atoms with Crippen molar-refractivity contribution in [2.45, 2.75) is 40.0 Å². The van der Waals surface area contributed by atoms with Crippen LogP contribution in [0, 0.1) is 6.92 Å². The SMILES string of the molecule is CCN(CC)C(C)NC(=O)c1ccc(-c2nc3ccc(C(F)(F)F)cc3[nH]2)c(C)c1. The first kappa shape index (κ1) is 21.8. The molecule has 0 saturated heterocycles. The number of carbonyl (C=O) groups is 1. The Labute approximate surface area is 173 Å². The maximum absolute atomic E-state index is 12.9. The molecule has 1 heterocycles. The van der Waals surface area contributed by atoms with Crippen molar-refractivity contribution in [3.8, 4) is 11.4 Å². The third-order valence-electron chi connectivity index (χ3n) is 5.25. The number of alkyl halides is 3. The Hall–Kier alpha value is -2.87. The number of aryl methyl sites for hydroxylation is 1. The number of imidazole rings is 1. The van der Waals surface area contributed by atoms with Gasteiger partial charge in [-0.05, 0) is 62.8 Å². The second-order valence-electron chi connectivity index (χ2n) is 7.22. The molecule has 1 amide bonds. The molecule has 8 heteroatoms. The number of hydrogen-bond donors (Lipinski definition) is 2. The van der Waals surface area contributed by atoms with Gasteiger partial charge >= 0.3 is 6.18 Å². The monoisotopic (exact) mass is 418 g/mol. The highest BCUT2D eigenvalue weighted by Crippen LogP contribution is 2.32. The van der Waals surface area contributed by atoms with Crippen molar-refractivity contribution < 1.29 is 18.0 Å². The van der Waals surface area contributed by atoms with Gasteiger partial charge in [-0.2, -0.15) is 13.2 Å². The standard InChI is InChI=1S/C22H25F3N4O/c1-5-29(6-2)14(4)26-21(30)15-7-9-17(13(3)11-15)20-27-18-10-8-16(22(23,24)25)12-19(18)28-20/h7-12,14H,5-6H2,1-4H3,(H,26,30)(H,27,28). The van der Waals surface area contributed by atoms with Gasteiger partial charge in [0.05, 0.1) is 22.8 Å². The summed E-state index contributed by atoms with van der Waals surface area (Å²) < 4.78 is 38.8. The number of benzene rings is 2. The fraction of sp³-hybridized carbons (Fsp3) is 0.364. The highest BCUT2D eigenvalue weighted by Gasteiger charge is 2.30. The van der Waals surface area contributed by atoms with Crippen LogP contribution in [0.2, 0.25) is 0 Å². The summed E-state index contributed by atoms with van der Waals surface area (Å²) in [6.07, 6.45) is -4.50. The summed E-state index contributed by atoms with van der Waals surface area (Å²) in [5.41, 5.74) is 2.09. The van der Waals surface area contributed by atoms with E-state index >= 15 is 0 Å². The van der Waals surface area contributed by atoms with Crippen LogP contribution in [0.4, 0.5) is 13.2 Å². The van der Waals surface area contributed by atoms with Crippen molar-refractivity contribution >= 4 is 16.9 Å². The fourth-order valence-electron chi connectivity index (χ4n) is 3.52. The van der Waals surface area contributed by atoms with E-state index in [0.717, 1.165) is 36.3 Å². The summed E-state index contributed by atoms with van der Waals surface area (Å²) in [4.78, 5) is 22.1. The second kappa shape index (κ2) is 8.47. The molecule has 30 heavy (non-hydrogen) atoms. The van der Waals surface area contributed by atoms with Gasteiger partial charge in [-0.1, -0.05) is 19.9 Å². The lowest BCUT2D eigenvalue weighted by Crippen LogP contribution is -2.46. The molecule has 160 valence electrons. The second-order valence-corrected chi connectivity index (χ2v) is 7.22. The van der Waals surface area contributed by atoms with Crippen LogP contribution in [0.3, 0.4) is 0 Å². The molecule has 5 nitrogen and oxygen atoms in total. The number of aromatic amines is 1. The fourth-order valence-corrected chi connectivity index (χ4v) is 3.52. The Kier molecular flexibility index (Phi) is 6.17. The molecule has 0 aliphatic rings. The molecule has 0 bridgehead atoms. The summed E-state index contributed by atoms with van der Waals surface area (Å²) in [6.45, 7) is 9.52. The first-order valence-electron chi connectivity index (χ1n) is 9.87. The van der Waals surface area contributed by atoms with E-state index in [9.17, 15) is 18.0 Å². The smallest absolute Gasteiger partial charge is 0.338 e. The van der Waals surface area contributed by atoms with Gasteiger partial charge in [-0.25, -0.2) is 4.98 Å². The maximum atomic E-state index is 12.9. The average Bonchev–Trinajstić information content (AvgIpc) is 3.11. The Morgan fingerprint density at radius 2 is 1.87 bits per heavy atom. The lowest BCUT2D eigenvalue weighted by atomic mass is 10.0. The van der Waals surface area contributed by atoms with Crippen molar-refractivity contribution in [1.29, 1.82) is 0 Å². The van der Waals surface area contributed by atoms with Crippen molar-refractivity contribution in [2.24, 2.45) is 0 Å². The van der Waals surface area contributed by atoms with Crippen LogP contribution >= 0.6 is 0 Å². The first-order chi connectivity index (χ1) is 14.1. The van der Waals surface area contributed by atoms with Gasteiger partial charge in [0.25, 0.3) is 5.91 Å². The van der Waals surface area contributed by atoms with E-state index in [0.29, 0.717) is 22.4 Å². The molecule has 0 fully saturated rings. The Bertz CT molecular complexity index is 1050. The zero-order valence-electron chi connectivity index (χ0n) is 17.4. The number of H-pyrrole nitrogens is 1. The van der Waals surface area contributed by atoms with E-state index < -0.39 is 11.7 Å². The number of fused-ring (bicyclic) bond motifs is 1. The van der Waals surface area contributed by atoms with Crippen LogP contribution in [-0.4, -0.2) is 40.0 Å². The number of hydrogen-bond acceptors (Lipinski definition) is 3. The van der Waals surface area contributed by atoms with Crippen LogP contribution in [0.5, 0.6) is 0 Å². The molecular weight excluding hydrogens is 393 g/mol. The third kappa shape index (κ3) is 4.48. The first-order valence-corrected chi connectivity index (χ1v) is 9.87. The van der Waals surface area contributed by atoms with Gasteiger partial charge < -0.3 is 10.3 Å². The Morgan fingerprint density at radius 1 is 1.17 bits per heavy atom. The van der Waals surface area contributed by atoms with E-state index in [2.05, 4.69) is 20.2 Å². The molecule has 3 aromatic rings. The molecule has 1 aromatic heterocycles. The number of rotatable bonds is 6. The lowest BCUT2D eigenvalue weighted by molar-refractivity contribution is -0.137. The van der Waals surface area contributed by atoms with E-state index in [4.69, 9.17) is 0 Å². The predicted octanol–water partition coefficient (Wildman–Crippen LogP) is 4.97. The van der Waals surface area contributed by atoms with Crippen LogP contribution in [0.1, 0.15) is 42.3 Å². The van der Waals surface area contributed by atoms with Gasteiger partial charge in [0.1, 0.15) is 5.82 Å². The third-order valence-corrected chi connectivity index (χ3v) is 5.25. The van der Waals surface area contributed by atoms with Crippen LogP contribution in [0.25, 0.3) is 22.4 Å². The number of aromatic nitrogens is 2. The molecule has 0 aliphatic heterocycles. The molecule has 2 aromatic carbocycles. The minimum Gasteiger partial charge on any atom is -0.338 e. The molecule has 0 saturated carbocycles. The summed E-state index contributed by atoms with van der Waals surface area (Å²) in [6, 6.07) is 8.63. The predicted molar refractivity (Wildman–Crippen MR) is 111 cm³/mol. The van der Waals surface area contributed by atoms with E-state index in [1.165, 1.54) is 6.07 Å². The molecule has 0 radical (unpaired) electrons. The van der Waals surface area contributed by atoms with Gasteiger partial charge in [0.2, 0.25) is 0 Å². The van der Waals surface area contributed by atoms with Crippen molar-refractivity contribution in [3.05, 3.63) is 53.1 Å². The summed E-state index contributed by atoms with van der Waals surface area (Å²) in [5, 5.41) is 2.98. The number of amides is 1. The summed E-state index contributed by atoms with van der Waals surface area (Å²) >= 11 is 0. The van der Waals surface area contributed by atoms with E-state index in [-0.39, 0.29) is 12.1 Å². The largest absolute Gasteiger partial charge is 0.416 e.